The highest BCUT2D eigenvalue weighted by Gasteiger charge is 2.49. The lowest BCUT2D eigenvalue weighted by atomic mass is 9.64. The molecule has 2 amide bonds. The van der Waals surface area contributed by atoms with Gasteiger partial charge in [-0.25, -0.2) is 4.79 Å². The Morgan fingerprint density at radius 2 is 2.05 bits per heavy atom. The minimum atomic E-state index is -0.881. The molecule has 1 rings (SSSR count). The van der Waals surface area contributed by atoms with Crippen LogP contribution in [0.1, 0.15) is 40.5 Å². The predicted octanol–water partition coefficient (Wildman–Crippen LogP) is 1.60. The second-order valence-corrected chi connectivity index (χ2v) is 5.85. The van der Waals surface area contributed by atoms with Crippen molar-refractivity contribution in [1.29, 1.82) is 0 Å². The van der Waals surface area contributed by atoms with Crippen LogP contribution in [0.25, 0.3) is 0 Å². The number of rotatable bonds is 7. The zero-order valence-corrected chi connectivity index (χ0v) is 12.7. The smallest absolute Gasteiger partial charge is 0.315 e. The molecule has 0 bridgehead atoms. The van der Waals surface area contributed by atoms with Gasteiger partial charge in [-0.3, -0.25) is 4.79 Å². The molecule has 1 saturated carbocycles. The van der Waals surface area contributed by atoms with E-state index in [-0.39, 0.29) is 30.1 Å². The summed E-state index contributed by atoms with van der Waals surface area (Å²) in [7, 11) is 0. The van der Waals surface area contributed by atoms with Crippen molar-refractivity contribution in [2.45, 2.75) is 52.7 Å². The van der Waals surface area contributed by atoms with Crippen molar-refractivity contribution in [3.63, 3.8) is 0 Å². The van der Waals surface area contributed by atoms with Crippen molar-refractivity contribution in [2.75, 3.05) is 13.2 Å². The Balaban J connectivity index is 2.35. The van der Waals surface area contributed by atoms with Gasteiger partial charge in [0.25, 0.3) is 0 Å². The molecule has 20 heavy (non-hydrogen) atoms. The van der Waals surface area contributed by atoms with Crippen LogP contribution in [0, 0.1) is 11.3 Å². The number of carbonyl (C=O) groups is 2. The Morgan fingerprint density at radius 1 is 1.40 bits per heavy atom. The van der Waals surface area contributed by atoms with Gasteiger partial charge in [0, 0.05) is 24.6 Å². The van der Waals surface area contributed by atoms with E-state index < -0.39 is 11.9 Å². The van der Waals surface area contributed by atoms with Gasteiger partial charge in [-0.1, -0.05) is 20.8 Å². The van der Waals surface area contributed by atoms with E-state index in [1.54, 1.807) is 6.92 Å². The summed E-state index contributed by atoms with van der Waals surface area (Å²) >= 11 is 0. The second-order valence-electron chi connectivity index (χ2n) is 5.85. The second kappa shape index (κ2) is 6.92. The molecule has 6 nitrogen and oxygen atoms in total. The molecular weight excluding hydrogens is 260 g/mol. The van der Waals surface area contributed by atoms with Crippen LogP contribution in [0.5, 0.6) is 0 Å². The normalized spacial score (nSPS) is 25.4. The van der Waals surface area contributed by atoms with Gasteiger partial charge < -0.3 is 20.5 Å². The molecule has 1 fully saturated rings. The lowest BCUT2D eigenvalue weighted by Gasteiger charge is -2.51. The van der Waals surface area contributed by atoms with Gasteiger partial charge in [-0.2, -0.15) is 0 Å². The molecule has 3 unspecified atom stereocenters. The first-order chi connectivity index (χ1) is 9.32. The molecule has 0 saturated heterocycles. The Kier molecular flexibility index (Phi) is 5.80. The lowest BCUT2D eigenvalue weighted by Crippen LogP contribution is -2.63. The molecule has 116 valence electrons. The molecule has 6 heteroatoms. The number of nitrogens with one attached hydrogen (secondary N) is 2. The zero-order valence-electron chi connectivity index (χ0n) is 12.7. The van der Waals surface area contributed by atoms with Crippen molar-refractivity contribution in [2.24, 2.45) is 11.3 Å². The molecule has 3 N–H and O–H groups in total. The van der Waals surface area contributed by atoms with E-state index in [0.717, 1.165) is 6.42 Å². The standard InChI is InChI=1S/C14H26N2O4/c1-5-9(12(17)18)8-15-13(19)16-10-7-11(20-6-2)14(10,3)4/h9-11H,5-8H2,1-4H3,(H,17,18)(H2,15,16,19). The number of aliphatic carboxylic acids is 1. The number of urea groups is 1. The fraction of sp³-hybridized carbons (Fsp3) is 0.857. The Hall–Kier alpha value is -1.30. The fourth-order valence-electron chi connectivity index (χ4n) is 2.45. The summed E-state index contributed by atoms with van der Waals surface area (Å²) < 4.78 is 5.60. The summed E-state index contributed by atoms with van der Waals surface area (Å²) in [6.45, 7) is 8.70. The molecule has 0 aromatic carbocycles. The largest absolute Gasteiger partial charge is 0.481 e. The highest BCUT2D eigenvalue weighted by Crippen LogP contribution is 2.42. The number of carboxylic acid groups (broad SMARTS) is 1. The number of hydrogen-bond donors (Lipinski definition) is 3. The first-order valence-corrected chi connectivity index (χ1v) is 7.21. The van der Waals surface area contributed by atoms with Crippen LogP contribution in [0.2, 0.25) is 0 Å². The van der Waals surface area contributed by atoms with E-state index in [9.17, 15) is 9.59 Å². The van der Waals surface area contributed by atoms with Crippen LogP contribution >= 0.6 is 0 Å². The van der Waals surface area contributed by atoms with Crippen LogP contribution in [0.3, 0.4) is 0 Å². The maximum Gasteiger partial charge on any atom is 0.315 e. The first kappa shape index (κ1) is 16.8. The first-order valence-electron chi connectivity index (χ1n) is 7.21. The lowest BCUT2D eigenvalue weighted by molar-refractivity contribution is -0.141. The summed E-state index contributed by atoms with van der Waals surface area (Å²) in [5.74, 6) is -1.42. The van der Waals surface area contributed by atoms with Crippen molar-refractivity contribution < 1.29 is 19.4 Å². The minimum absolute atomic E-state index is 0.0592. The van der Waals surface area contributed by atoms with Crippen LogP contribution in [-0.4, -0.2) is 42.4 Å². The maximum atomic E-state index is 11.8. The van der Waals surface area contributed by atoms with Crippen LogP contribution < -0.4 is 10.6 Å². The van der Waals surface area contributed by atoms with Crippen molar-refractivity contribution in [1.82, 2.24) is 10.6 Å². The monoisotopic (exact) mass is 286 g/mol. The van der Waals surface area contributed by atoms with E-state index in [4.69, 9.17) is 9.84 Å². The third kappa shape index (κ3) is 3.85. The summed E-state index contributed by atoms with van der Waals surface area (Å²) in [5, 5.41) is 14.4. The van der Waals surface area contributed by atoms with Gasteiger partial charge in [0.15, 0.2) is 0 Å². The molecular formula is C14H26N2O4. The molecule has 0 spiro atoms. The fourth-order valence-corrected chi connectivity index (χ4v) is 2.45. The zero-order chi connectivity index (χ0) is 15.3. The minimum Gasteiger partial charge on any atom is -0.481 e. The van der Waals surface area contributed by atoms with Gasteiger partial charge in [0.1, 0.15) is 0 Å². The maximum absolute atomic E-state index is 11.8. The molecule has 0 aliphatic heterocycles. The summed E-state index contributed by atoms with van der Waals surface area (Å²) in [6.07, 6.45) is 1.46. The average Bonchev–Trinajstić information content (AvgIpc) is 2.38. The Bertz CT molecular complexity index is 357. The molecule has 1 aliphatic carbocycles. The highest BCUT2D eigenvalue weighted by atomic mass is 16.5. The molecule has 0 aromatic heterocycles. The quantitative estimate of drug-likeness (QED) is 0.663. The van der Waals surface area contributed by atoms with Crippen molar-refractivity contribution >= 4 is 12.0 Å². The predicted molar refractivity (Wildman–Crippen MR) is 75.6 cm³/mol. The molecule has 1 aliphatic rings. The highest BCUT2D eigenvalue weighted by molar-refractivity contribution is 5.76. The molecule has 0 aromatic rings. The topological polar surface area (TPSA) is 87.7 Å². The van der Waals surface area contributed by atoms with Crippen molar-refractivity contribution in [3.8, 4) is 0 Å². The van der Waals surface area contributed by atoms with E-state index >= 15 is 0 Å². The van der Waals surface area contributed by atoms with E-state index in [1.165, 1.54) is 0 Å². The molecule has 0 heterocycles. The summed E-state index contributed by atoms with van der Waals surface area (Å²) in [6, 6.07) is -0.248. The van der Waals surface area contributed by atoms with E-state index in [2.05, 4.69) is 24.5 Å². The average molecular weight is 286 g/mol. The SMILES string of the molecule is CCOC1CC(NC(=O)NCC(CC)C(=O)O)C1(C)C. The van der Waals surface area contributed by atoms with Gasteiger partial charge in [0.2, 0.25) is 0 Å². The van der Waals surface area contributed by atoms with Gasteiger partial charge >= 0.3 is 12.0 Å². The van der Waals surface area contributed by atoms with Gasteiger partial charge in [0.05, 0.1) is 12.0 Å². The number of carbonyl (C=O) groups excluding carboxylic acids is 1. The Labute approximate surface area is 120 Å². The van der Waals surface area contributed by atoms with Crippen LogP contribution in [0.15, 0.2) is 0 Å². The third-order valence-electron chi connectivity index (χ3n) is 4.20. The van der Waals surface area contributed by atoms with Gasteiger partial charge in [-0.15, -0.1) is 0 Å². The number of amides is 2. The van der Waals surface area contributed by atoms with Crippen molar-refractivity contribution in [3.05, 3.63) is 0 Å². The Morgan fingerprint density at radius 3 is 2.50 bits per heavy atom. The summed E-state index contributed by atoms with van der Waals surface area (Å²) in [5.41, 5.74) is -0.0930. The van der Waals surface area contributed by atoms with Crippen LogP contribution in [0.4, 0.5) is 4.79 Å². The van der Waals surface area contributed by atoms with E-state index in [1.807, 2.05) is 6.92 Å². The number of hydrogen-bond acceptors (Lipinski definition) is 3. The molecule has 0 radical (unpaired) electrons. The number of ether oxygens (including phenoxy) is 1. The molecule has 3 atom stereocenters. The van der Waals surface area contributed by atoms with Crippen LogP contribution in [-0.2, 0) is 9.53 Å². The third-order valence-corrected chi connectivity index (χ3v) is 4.20. The number of carboxylic acids is 1. The summed E-state index contributed by atoms with van der Waals surface area (Å²) in [4.78, 5) is 22.6. The van der Waals surface area contributed by atoms with E-state index in [0.29, 0.717) is 13.0 Å². The van der Waals surface area contributed by atoms with Gasteiger partial charge in [-0.05, 0) is 19.8 Å².